The molecule has 0 saturated carbocycles. The Bertz CT molecular complexity index is 1310. The summed E-state index contributed by atoms with van der Waals surface area (Å²) in [5.41, 5.74) is 6.41. The van der Waals surface area contributed by atoms with Gasteiger partial charge in [0.25, 0.3) is 0 Å². The second-order valence-corrected chi connectivity index (χ2v) is 10.1. The summed E-state index contributed by atoms with van der Waals surface area (Å²) in [5.74, 6) is 0.381. The highest BCUT2D eigenvalue weighted by molar-refractivity contribution is 8.02. The second-order valence-electron chi connectivity index (χ2n) is 7.28. The zero-order chi connectivity index (χ0) is 23.6. The Balaban J connectivity index is 1.63. The molecule has 2 heterocycles. The van der Waals surface area contributed by atoms with Crippen molar-refractivity contribution in [1.29, 1.82) is 0 Å². The largest absolute Gasteiger partial charge is 0.326 e. The molecule has 0 spiro atoms. The molecule has 1 aromatic heterocycles. The molecular weight excluding hydrogens is 460 g/mol. The van der Waals surface area contributed by atoms with Gasteiger partial charge in [-0.1, -0.05) is 49.9 Å². The molecule has 3 aromatic rings. The first kappa shape index (κ1) is 23.0. The quantitative estimate of drug-likeness (QED) is 0.527. The van der Waals surface area contributed by atoms with E-state index in [-0.39, 0.29) is 10.8 Å². The van der Waals surface area contributed by atoms with Crippen LogP contribution in [0.2, 0.25) is 0 Å². The van der Waals surface area contributed by atoms with E-state index in [0.29, 0.717) is 35.3 Å². The summed E-state index contributed by atoms with van der Waals surface area (Å²) in [5, 5.41) is 13.8. The molecule has 0 aliphatic carbocycles. The molecule has 1 aliphatic rings. The van der Waals surface area contributed by atoms with Gasteiger partial charge in [0.05, 0.1) is 10.6 Å². The number of fused-ring (bicyclic) bond motifs is 1. The highest BCUT2D eigenvalue weighted by Crippen LogP contribution is 2.32. The second kappa shape index (κ2) is 9.38. The van der Waals surface area contributed by atoms with Crippen molar-refractivity contribution in [1.82, 2.24) is 19.2 Å². The minimum absolute atomic E-state index is 0.127. The van der Waals surface area contributed by atoms with Crippen molar-refractivity contribution in [3.05, 3.63) is 59.5 Å². The first-order valence-electron chi connectivity index (χ1n) is 10.4. The molecule has 1 amide bonds. The third kappa shape index (κ3) is 4.65. The van der Waals surface area contributed by atoms with Crippen LogP contribution in [-0.4, -0.2) is 46.6 Å². The standard InChI is InChI=1S/C22H24N6O3S2/c1-4-27(5-2)33(30,31)19-8-6-7-17(13-19)21-24-25-22-28(21)26-20(14-32-22)16-9-11-18(12-10-16)23-15(3)29/h6-14,26H,4-5H2,1-3H3,(H,23,29). The predicted molar refractivity (Wildman–Crippen MR) is 130 cm³/mol. The monoisotopic (exact) mass is 484 g/mol. The highest BCUT2D eigenvalue weighted by Gasteiger charge is 2.24. The summed E-state index contributed by atoms with van der Waals surface area (Å²) < 4.78 is 29.1. The number of amides is 1. The van der Waals surface area contributed by atoms with Crippen molar-refractivity contribution in [2.24, 2.45) is 0 Å². The van der Waals surface area contributed by atoms with Gasteiger partial charge in [-0.05, 0) is 24.3 Å². The molecule has 33 heavy (non-hydrogen) atoms. The molecule has 2 aromatic carbocycles. The number of benzene rings is 2. The van der Waals surface area contributed by atoms with Gasteiger partial charge in [-0.15, -0.1) is 10.2 Å². The molecular formula is C22H24N6O3S2. The SMILES string of the molecule is CCN(CC)S(=O)(=O)c1cccc(-c2nnc3n2NC(c2ccc(NC(C)=O)cc2)=CS3)c1. The van der Waals surface area contributed by atoms with E-state index >= 15 is 0 Å². The Morgan fingerprint density at radius 1 is 1.09 bits per heavy atom. The predicted octanol–water partition coefficient (Wildman–Crippen LogP) is 3.58. The van der Waals surface area contributed by atoms with Gasteiger partial charge in [-0.2, -0.15) is 4.31 Å². The van der Waals surface area contributed by atoms with E-state index in [1.165, 1.54) is 23.0 Å². The minimum Gasteiger partial charge on any atom is -0.326 e. The normalized spacial score (nSPS) is 13.3. The number of hydrogen-bond acceptors (Lipinski definition) is 7. The van der Waals surface area contributed by atoms with Crippen LogP contribution >= 0.6 is 11.8 Å². The van der Waals surface area contributed by atoms with Gasteiger partial charge >= 0.3 is 0 Å². The van der Waals surface area contributed by atoms with Gasteiger partial charge in [-0.25, -0.2) is 13.1 Å². The van der Waals surface area contributed by atoms with E-state index in [9.17, 15) is 13.2 Å². The van der Waals surface area contributed by atoms with Gasteiger partial charge in [0.2, 0.25) is 21.1 Å². The smallest absolute Gasteiger partial charge is 0.243 e. The van der Waals surface area contributed by atoms with Crippen LogP contribution in [-0.2, 0) is 14.8 Å². The van der Waals surface area contributed by atoms with Gasteiger partial charge in [0.15, 0.2) is 5.82 Å². The zero-order valence-corrected chi connectivity index (χ0v) is 20.1. The Hall–Kier alpha value is -3.15. The van der Waals surface area contributed by atoms with Crippen molar-refractivity contribution in [2.75, 3.05) is 23.8 Å². The number of nitrogens with zero attached hydrogens (tertiary/aromatic N) is 4. The lowest BCUT2D eigenvalue weighted by Crippen LogP contribution is -2.30. The van der Waals surface area contributed by atoms with E-state index in [1.54, 1.807) is 22.9 Å². The van der Waals surface area contributed by atoms with Crippen LogP contribution in [0, 0.1) is 0 Å². The van der Waals surface area contributed by atoms with E-state index < -0.39 is 10.0 Å². The van der Waals surface area contributed by atoms with E-state index in [0.717, 1.165) is 11.3 Å². The Labute approximate surface area is 196 Å². The molecule has 0 fully saturated rings. The summed E-state index contributed by atoms with van der Waals surface area (Å²) >= 11 is 1.41. The zero-order valence-electron chi connectivity index (χ0n) is 18.4. The fourth-order valence-electron chi connectivity index (χ4n) is 3.47. The molecule has 0 bridgehead atoms. The summed E-state index contributed by atoms with van der Waals surface area (Å²) in [6.45, 7) is 5.90. The van der Waals surface area contributed by atoms with E-state index in [1.807, 2.05) is 49.6 Å². The maximum absolute atomic E-state index is 13.0. The third-order valence-corrected chi connectivity index (χ3v) is 7.97. The maximum atomic E-state index is 13.0. The average molecular weight is 485 g/mol. The number of sulfonamides is 1. The lowest BCUT2D eigenvalue weighted by molar-refractivity contribution is -0.114. The topological polar surface area (TPSA) is 109 Å². The molecule has 1 aliphatic heterocycles. The van der Waals surface area contributed by atoms with Crippen LogP contribution in [0.4, 0.5) is 5.69 Å². The molecule has 2 N–H and O–H groups in total. The number of aromatic nitrogens is 3. The van der Waals surface area contributed by atoms with Gasteiger partial charge in [-0.3, -0.25) is 10.2 Å². The molecule has 0 unspecified atom stereocenters. The molecule has 0 atom stereocenters. The molecule has 172 valence electrons. The lowest BCUT2D eigenvalue weighted by atomic mass is 10.1. The van der Waals surface area contributed by atoms with Gasteiger partial charge in [0.1, 0.15) is 0 Å². The number of anilines is 1. The number of rotatable bonds is 7. The first-order chi connectivity index (χ1) is 15.8. The minimum atomic E-state index is -3.59. The molecule has 4 rings (SSSR count). The maximum Gasteiger partial charge on any atom is 0.243 e. The Morgan fingerprint density at radius 2 is 1.82 bits per heavy atom. The number of hydrogen-bond donors (Lipinski definition) is 2. The fourth-order valence-corrected chi connectivity index (χ4v) is 5.71. The van der Waals surface area contributed by atoms with Crippen molar-refractivity contribution < 1.29 is 13.2 Å². The van der Waals surface area contributed by atoms with Crippen molar-refractivity contribution >= 4 is 39.1 Å². The number of nitrogens with one attached hydrogen (secondary N) is 2. The van der Waals surface area contributed by atoms with Crippen LogP contribution in [0.1, 0.15) is 26.3 Å². The van der Waals surface area contributed by atoms with Crippen LogP contribution in [0.5, 0.6) is 0 Å². The van der Waals surface area contributed by atoms with E-state index in [4.69, 9.17) is 0 Å². The summed E-state index contributed by atoms with van der Waals surface area (Å²) in [4.78, 5) is 11.5. The molecule has 11 heteroatoms. The fraction of sp³-hybridized carbons (Fsp3) is 0.227. The van der Waals surface area contributed by atoms with Crippen LogP contribution in [0.3, 0.4) is 0 Å². The van der Waals surface area contributed by atoms with E-state index in [2.05, 4.69) is 20.9 Å². The van der Waals surface area contributed by atoms with Crippen LogP contribution in [0.25, 0.3) is 17.1 Å². The van der Waals surface area contributed by atoms with Crippen molar-refractivity contribution in [2.45, 2.75) is 30.8 Å². The Kier molecular flexibility index (Phi) is 6.54. The Morgan fingerprint density at radius 3 is 2.48 bits per heavy atom. The number of thioether (sulfide) groups is 1. The third-order valence-electron chi connectivity index (χ3n) is 5.10. The highest BCUT2D eigenvalue weighted by atomic mass is 32.2. The summed E-state index contributed by atoms with van der Waals surface area (Å²) in [6.07, 6.45) is 0. The molecule has 9 nitrogen and oxygen atoms in total. The molecule has 0 saturated heterocycles. The lowest BCUT2D eigenvalue weighted by Gasteiger charge is -2.20. The first-order valence-corrected chi connectivity index (χ1v) is 12.7. The van der Waals surface area contributed by atoms with Crippen molar-refractivity contribution in [3.63, 3.8) is 0 Å². The summed E-state index contributed by atoms with van der Waals surface area (Å²) in [7, 11) is -3.59. The van der Waals surface area contributed by atoms with Crippen molar-refractivity contribution in [3.8, 4) is 11.4 Å². The number of carbonyl (C=O) groups excluding carboxylic acids is 1. The summed E-state index contributed by atoms with van der Waals surface area (Å²) in [6, 6.07) is 14.2. The van der Waals surface area contributed by atoms with Gasteiger partial charge in [0, 0.05) is 42.2 Å². The van der Waals surface area contributed by atoms with Gasteiger partial charge < -0.3 is 5.32 Å². The molecule has 0 radical (unpaired) electrons. The number of carbonyl (C=O) groups is 1. The van der Waals surface area contributed by atoms with Crippen LogP contribution < -0.4 is 10.7 Å². The average Bonchev–Trinajstić information content (AvgIpc) is 3.23. The van der Waals surface area contributed by atoms with Crippen LogP contribution in [0.15, 0.2) is 64.0 Å².